The Labute approximate surface area is 166 Å². The van der Waals surface area contributed by atoms with Crippen LogP contribution < -0.4 is 5.32 Å². The number of thiazole rings is 1. The van der Waals surface area contributed by atoms with Crippen LogP contribution >= 0.6 is 22.9 Å². The normalized spacial score (nSPS) is 16.4. The number of carbonyl (C=O) groups excluding carboxylic acids is 1. The van der Waals surface area contributed by atoms with Crippen molar-refractivity contribution in [1.29, 1.82) is 0 Å². The largest absolute Gasteiger partial charge is 0.454 e. The molecule has 0 fully saturated rings. The third-order valence-corrected chi connectivity index (χ3v) is 6.47. The quantitative estimate of drug-likeness (QED) is 0.688. The van der Waals surface area contributed by atoms with Gasteiger partial charge in [0.25, 0.3) is 5.91 Å². The number of aromatic nitrogens is 3. The number of hydrogen-bond acceptors (Lipinski definition) is 5. The summed E-state index contributed by atoms with van der Waals surface area (Å²) in [5.74, 6) is 1.30. The van der Waals surface area contributed by atoms with E-state index in [0.717, 1.165) is 36.3 Å². The molecule has 0 saturated carbocycles. The molecule has 1 aliphatic rings. The van der Waals surface area contributed by atoms with E-state index in [1.54, 1.807) is 28.2 Å². The molecule has 1 N–H and O–H groups in total. The lowest BCUT2D eigenvalue weighted by Crippen LogP contribution is -2.11. The van der Waals surface area contributed by atoms with Gasteiger partial charge in [-0.3, -0.25) is 14.8 Å². The third-order valence-electron chi connectivity index (χ3n) is 4.89. The van der Waals surface area contributed by atoms with E-state index < -0.39 is 0 Å². The summed E-state index contributed by atoms with van der Waals surface area (Å²) in [4.78, 5) is 18.3. The van der Waals surface area contributed by atoms with E-state index in [0.29, 0.717) is 28.4 Å². The van der Waals surface area contributed by atoms with Gasteiger partial charge in [-0.2, -0.15) is 5.10 Å². The SMILES string of the molecule is Cc1nn(Cc2ccc(C(=O)Nc3nc4c(s3)C[C@@H](C)CC4)o2)c(C)c1Cl. The summed E-state index contributed by atoms with van der Waals surface area (Å²) in [6.07, 6.45) is 3.18. The number of halogens is 1. The van der Waals surface area contributed by atoms with E-state index >= 15 is 0 Å². The Morgan fingerprint density at radius 2 is 2.26 bits per heavy atom. The van der Waals surface area contributed by atoms with Crippen LogP contribution in [0, 0.1) is 19.8 Å². The Kier molecular flexibility index (Phi) is 4.82. The lowest BCUT2D eigenvalue weighted by Gasteiger charge is -2.15. The molecule has 0 bridgehead atoms. The zero-order valence-corrected chi connectivity index (χ0v) is 17.1. The highest BCUT2D eigenvalue weighted by molar-refractivity contribution is 7.15. The lowest BCUT2D eigenvalue weighted by molar-refractivity contribution is 0.0994. The minimum absolute atomic E-state index is 0.263. The van der Waals surface area contributed by atoms with Gasteiger partial charge in [0.2, 0.25) is 0 Å². The van der Waals surface area contributed by atoms with Crippen LogP contribution in [0.2, 0.25) is 5.02 Å². The van der Waals surface area contributed by atoms with Crippen LogP contribution in [0.25, 0.3) is 0 Å². The number of anilines is 1. The number of rotatable bonds is 4. The molecule has 0 radical (unpaired) electrons. The monoisotopic (exact) mass is 404 g/mol. The molecule has 0 spiro atoms. The second-order valence-corrected chi connectivity index (χ2v) is 8.56. The Morgan fingerprint density at radius 1 is 1.44 bits per heavy atom. The van der Waals surface area contributed by atoms with E-state index in [-0.39, 0.29) is 11.7 Å². The molecule has 27 heavy (non-hydrogen) atoms. The molecule has 1 atom stereocenters. The summed E-state index contributed by atoms with van der Waals surface area (Å²) in [6, 6.07) is 3.46. The van der Waals surface area contributed by atoms with Crippen LogP contribution in [0.3, 0.4) is 0 Å². The highest BCUT2D eigenvalue weighted by atomic mass is 35.5. The first-order chi connectivity index (χ1) is 12.9. The van der Waals surface area contributed by atoms with Gasteiger partial charge in [-0.25, -0.2) is 4.98 Å². The molecule has 0 unspecified atom stereocenters. The maximum absolute atomic E-state index is 12.5. The standard InChI is InChI=1S/C19H21ClN4O2S/c1-10-4-6-14-16(8-10)27-19(21-14)22-18(25)15-7-5-13(26-15)9-24-12(3)17(20)11(2)23-24/h5,7,10H,4,6,8-9H2,1-3H3,(H,21,22,25)/t10-/m0/s1. The first-order valence-electron chi connectivity index (χ1n) is 8.99. The van der Waals surface area contributed by atoms with Gasteiger partial charge in [0, 0.05) is 4.88 Å². The van der Waals surface area contributed by atoms with E-state index in [4.69, 9.17) is 16.0 Å². The zero-order valence-electron chi connectivity index (χ0n) is 15.5. The maximum atomic E-state index is 12.5. The number of amides is 1. The molecule has 6 nitrogen and oxygen atoms in total. The molecule has 0 saturated heterocycles. The molecule has 3 heterocycles. The fraction of sp³-hybridized carbons (Fsp3) is 0.421. The number of fused-ring (bicyclic) bond motifs is 1. The van der Waals surface area contributed by atoms with E-state index in [1.165, 1.54) is 4.88 Å². The number of hydrogen-bond donors (Lipinski definition) is 1. The van der Waals surface area contributed by atoms with Crippen LogP contribution in [0.5, 0.6) is 0 Å². The summed E-state index contributed by atoms with van der Waals surface area (Å²) in [5.41, 5.74) is 2.77. The fourth-order valence-electron chi connectivity index (χ4n) is 3.31. The molecule has 3 aromatic heterocycles. The molecular weight excluding hydrogens is 384 g/mol. The van der Waals surface area contributed by atoms with Gasteiger partial charge in [0.1, 0.15) is 5.76 Å². The van der Waals surface area contributed by atoms with Gasteiger partial charge in [0.15, 0.2) is 10.9 Å². The van der Waals surface area contributed by atoms with Crippen LogP contribution in [0.1, 0.15) is 51.6 Å². The average molecular weight is 405 g/mol. The molecule has 3 aromatic rings. The topological polar surface area (TPSA) is 73.0 Å². The third kappa shape index (κ3) is 3.66. The van der Waals surface area contributed by atoms with Gasteiger partial charge in [-0.1, -0.05) is 18.5 Å². The summed E-state index contributed by atoms with van der Waals surface area (Å²) in [7, 11) is 0. The first kappa shape index (κ1) is 18.3. The molecule has 4 rings (SSSR count). The van der Waals surface area contributed by atoms with Crippen molar-refractivity contribution in [3.8, 4) is 0 Å². The molecule has 1 aliphatic carbocycles. The van der Waals surface area contributed by atoms with Crippen LogP contribution in [-0.4, -0.2) is 20.7 Å². The predicted octanol–water partition coefficient (Wildman–Crippen LogP) is 4.63. The van der Waals surface area contributed by atoms with Crippen molar-refractivity contribution in [2.75, 3.05) is 5.32 Å². The van der Waals surface area contributed by atoms with Gasteiger partial charge >= 0.3 is 0 Å². The van der Waals surface area contributed by atoms with Crippen molar-refractivity contribution in [3.63, 3.8) is 0 Å². The molecular formula is C19H21ClN4O2S. The van der Waals surface area contributed by atoms with E-state index in [1.807, 2.05) is 13.8 Å². The van der Waals surface area contributed by atoms with Crippen molar-refractivity contribution in [3.05, 3.63) is 50.6 Å². The highest BCUT2D eigenvalue weighted by Crippen LogP contribution is 2.32. The second-order valence-electron chi connectivity index (χ2n) is 7.10. The van der Waals surface area contributed by atoms with Gasteiger partial charge in [-0.05, 0) is 51.2 Å². The number of aryl methyl sites for hydroxylation is 2. The minimum Gasteiger partial charge on any atom is -0.454 e. The van der Waals surface area contributed by atoms with E-state index in [2.05, 4.69) is 22.3 Å². The van der Waals surface area contributed by atoms with Gasteiger partial charge in [0.05, 0.1) is 28.6 Å². The number of furan rings is 1. The fourth-order valence-corrected chi connectivity index (χ4v) is 4.62. The smallest absolute Gasteiger partial charge is 0.293 e. The summed E-state index contributed by atoms with van der Waals surface area (Å²) >= 11 is 7.74. The van der Waals surface area contributed by atoms with Gasteiger partial charge in [-0.15, -0.1) is 11.3 Å². The van der Waals surface area contributed by atoms with Crippen LogP contribution in [0.15, 0.2) is 16.5 Å². The Hall–Kier alpha value is -2.12. The molecule has 8 heteroatoms. The van der Waals surface area contributed by atoms with Crippen molar-refractivity contribution >= 4 is 34.0 Å². The van der Waals surface area contributed by atoms with Crippen molar-refractivity contribution in [2.24, 2.45) is 5.92 Å². The first-order valence-corrected chi connectivity index (χ1v) is 10.2. The molecule has 0 aromatic carbocycles. The number of nitrogens with one attached hydrogen (secondary N) is 1. The zero-order chi connectivity index (χ0) is 19.1. The lowest BCUT2D eigenvalue weighted by atomic mass is 9.93. The molecule has 0 aliphatic heterocycles. The number of carbonyl (C=O) groups is 1. The van der Waals surface area contributed by atoms with Crippen molar-refractivity contribution < 1.29 is 9.21 Å². The highest BCUT2D eigenvalue weighted by Gasteiger charge is 2.21. The number of nitrogens with zero attached hydrogens (tertiary/aromatic N) is 3. The molecule has 1 amide bonds. The van der Waals surface area contributed by atoms with Crippen LogP contribution in [-0.2, 0) is 19.4 Å². The maximum Gasteiger partial charge on any atom is 0.293 e. The second kappa shape index (κ2) is 7.13. The average Bonchev–Trinajstić information content (AvgIpc) is 3.30. The molecule has 142 valence electrons. The van der Waals surface area contributed by atoms with Crippen molar-refractivity contribution in [1.82, 2.24) is 14.8 Å². The Morgan fingerprint density at radius 3 is 3.00 bits per heavy atom. The summed E-state index contributed by atoms with van der Waals surface area (Å²) in [6.45, 7) is 6.45. The van der Waals surface area contributed by atoms with Crippen molar-refractivity contribution in [2.45, 2.75) is 46.6 Å². The summed E-state index contributed by atoms with van der Waals surface area (Å²) in [5, 5.41) is 8.54. The predicted molar refractivity (Wildman–Crippen MR) is 106 cm³/mol. The minimum atomic E-state index is -0.285. The van der Waals surface area contributed by atoms with Crippen LogP contribution in [0.4, 0.5) is 5.13 Å². The Balaban J connectivity index is 1.45. The van der Waals surface area contributed by atoms with Gasteiger partial charge < -0.3 is 4.42 Å². The summed E-state index contributed by atoms with van der Waals surface area (Å²) < 4.78 is 7.48. The van der Waals surface area contributed by atoms with E-state index in [9.17, 15) is 4.79 Å². The Bertz CT molecular complexity index is 1000.